The second-order valence-electron chi connectivity index (χ2n) is 8.21. The predicted molar refractivity (Wildman–Crippen MR) is 113 cm³/mol. The Morgan fingerprint density at radius 2 is 1.89 bits per heavy atom. The molecular formula is C22H25BrN4O. The highest BCUT2D eigenvalue weighted by Crippen LogP contribution is 2.50. The quantitative estimate of drug-likeness (QED) is 0.684. The molecular weight excluding hydrogens is 416 g/mol. The SMILES string of the molecule is CC(C)N1CCC2(CC1)Oc1ccc(Br)cc1[C@H]1CC(c3ccncc3)=NN12. The van der Waals surface area contributed by atoms with Gasteiger partial charge in [-0.25, -0.2) is 5.01 Å². The van der Waals surface area contributed by atoms with E-state index in [4.69, 9.17) is 9.84 Å². The van der Waals surface area contributed by atoms with Gasteiger partial charge in [0, 0.05) is 66.4 Å². The first-order valence-corrected chi connectivity index (χ1v) is 10.8. The highest BCUT2D eigenvalue weighted by Gasteiger charge is 2.52. The number of aromatic nitrogens is 1. The summed E-state index contributed by atoms with van der Waals surface area (Å²) in [5.41, 5.74) is 3.13. The minimum atomic E-state index is -0.355. The summed E-state index contributed by atoms with van der Waals surface area (Å²) in [7, 11) is 0. The lowest BCUT2D eigenvalue weighted by Crippen LogP contribution is -2.59. The highest BCUT2D eigenvalue weighted by molar-refractivity contribution is 9.10. The standard InChI is InChI=1S/C22H25BrN4O/c1-15(2)26-11-7-22(8-12-26)27-20(18-13-17(23)3-4-21(18)28-22)14-19(25-27)16-5-9-24-10-6-16/h3-6,9-10,13,15,20H,7-8,11-12,14H2,1-2H3/t20-/m1/s1. The number of hydrazone groups is 1. The maximum atomic E-state index is 6.70. The molecule has 3 aliphatic rings. The summed E-state index contributed by atoms with van der Waals surface area (Å²) in [5.74, 6) is 1.01. The third kappa shape index (κ3) is 2.94. The number of rotatable bonds is 2. The first kappa shape index (κ1) is 18.1. The van der Waals surface area contributed by atoms with Gasteiger partial charge in [0.1, 0.15) is 5.75 Å². The molecule has 6 heteroatoms. The van der Waals surface area contributed by atoms with Crippen molar-refractivity contribution < 1.29 is 4.74 Å². The first-order valence-electron chi connectivity index (χ1n) is 10.1. The van der Waals surface area contributed by atoms with Crippen molar-refractivity contribution in [2.75, 3.05) is 13.1 Å². The van der Waals surface area contributed by atoms with Crippen LogP contribution in [0.2, 0.25) is 0 Å². The number of fused-ring (bicyclic) bond motifs is 4. The summed E-state index contributed by atoms with van der Waals surface area (Å²) in [6, 6.07) is 11.3. The molecule has 1 spiro atoms. The van der Waals surface area contributed by atoms with E-state index in [-0.39, 0.29) is 11.8 Å². The average Bonchev–Trinajstić information content (AvgIpc) is 3.17. The molecule has 0 radical (unpaired) electrons. The van der Waals surface area contributed by atoms with Crippen LogP contribution in [0.4, 0.5) is 0 Å². The number of halogens is 1. The Morgan fingerprint density at radius 3 is 2.61 bits per heavy atom. The van der Waals surface area contributed by atoms with Crippen molar-refractivity contribution in [2.45, 2.75) is 50.9 Å². The van der Waals surface area contributed by atoms with Gasteiger partial charge in [0.25, 0.3) is 0 Å². The molecule has 0 N–H and O–H groups in total. The van der Waals surface area contributed by atoms with E-state index < -0.39 is 0 Å². The van der Waals surface area contributed by atoms with Gasteiger partial charge in [-0.1, -0.05) is 15.9 Å². The van der Waals surface area contributed by atoms with Crippen molar-refractivity contribution in [2.24, 2.45) is 5.10 Å². The molecule has 0 saturated carbocycles. The molecule has 0 aliphatic carbocycles. The summed E-state index contributed by atoms with van der Waals surface area (Å²) in [4.78, 5) is 6.69. The summed E-state index contributed by atoms with van der Waals surface area (Å²) in [6.45, 7) is 6.61. The summed E-state index contributed by atoms with van der Waals surface area (Å²) in [6.07, 6.45) is 6.50. The fraction of sp³-hybridized carbons (Fsp3) is 0.455. The van der Waals surface area contributed by atoms with Crippen LogP contribution >= 0.6 is 15.9 Å². The molecule has 5 rings (SSSR count). The molecule has 1 atom stereocenters. The zero-order valence-electron chi connectivity index (χ0n) is 16.3. The van der Waals surface area contributed by atoms with Crippen LogP contribution in [0.25, 0.3) is 0 Å². The van der Waals surface area contributed by atoms with Crippen molar-refractivity contribution in [3.05, 3.63) is 58.3 Å². The molecule has 1 saturated heterocycles. The van der Waals surface area contributed by atoms with Crippen LogP contribution < -0.4 is 4.74 Å². The zero-order chi connectivity index (χ0) is 19.3. The fourth-order valence-electron chi connectivity index (χ4n) is 4.69. The number of benzene rings is 1. The van der Waals surface area contributed by atoms with Crippen molar-refractivity contribution in [1.82, 2.24) is 14.9 Å². The van der Waals surface area contributed by atoms with E-state index >= 15 is 0 Å². The van der Waals surface area contributed by atoms with E-state index in [2.05, 4.69) is 62.9 Å². The molecule has 4 heterocycles. The van der Waals surface area contributed by atoms with Crippen molar-refractivity contribution in [1.29, 1.82) is 0 Å². The van der Waals surface area contributed by atoms with Crippen molar-refractivity contribution in [3.8, 4) is 5.75 Å². The van der Waals surface area contributed by atoms with Crippen LogP contribution in [-0.4, -0.2) is 45.5 Å². The van der Waals surface area contributed by atoms with Gasteiger partial charge in [-0.3, -0.25) is 4.98 Å². The Hall–Kier alpha value is -1.92. The molecule has 2 aromatic rings. The van der Waals surface area contributed by atoms with Gasteiger partial charge < -0.3 is 9.64 Å². The van der Waals surface area contributed by atoms with Gasteiger partial charge >= 0.3 is 0 Å². The zero-order valence-corrected chi connectivity index (χ0v) is 17.9. The smallest absolute Gasteiger partial charge is 0.200 e. The minimum absolute atomic E-state index is 0.218. The van der Waals surface area contributed by atoms with Gasteiger partial charge in [-0.15, -0.1) is 0 Å². The normalized spacial score (nSPS) is 23.4. The van der Waals surface area contributed by atoms with Gasteiger partial charge in [0.15, 0.2) is 0 Å². The van der Waals surface area contributed by atoms with Gasteiger partial charge in [0.05, 0.1) is 11.8 Å². The molecule has 5 nitrogen and oxygen atoms in total. The molecule has 146 valence electrons. The predicted octanol–water partition coefficient (Wildman–Crippen LogP) is 4.59. The number of likely N-dealkylation sites (tertiary alicyclic amines) is 1. The summed E-state index contributed by atoms with van der Waals surface area (Å²) in [5, 5.41) is 7.39. The first-order chi connectivity index (χ1) is 13.6. The Bertz CT molecular complexity index is 906. The second kappa shape index (κ2) is 6.85. The van der Waals surface area contributed by atoms with Gasteiger partial charge in [-0.05, 0) is 44.2 Å². The maximum absolute atomic E-state index is 6.70. The Morgan fingerprint density at radius 1 is 1.14 bits per heavy atom. The van der Waals surface area contributed by atoms with Crippen LogP contribution in [0.3, 0.4) is 0 Å². The van der Waals surface area contributed by atoms with E-state index in [1.807, 2.05) is 24.5 Å². The summed E-state index contributed by atoms with van der Waals surface area (Å²) >= 11 is 3.63. The topological polar surface area (TPSA) is 41.0 Å². The molecule has 28 heavy (non-hydrogen) atoms. The van der Waals surface area contributed by atoms with Crippen LogP contribution in [0, 0.1) is 0 Å². The molecule has 1 aromatic carbocycles. The average molecular weight is 441 g/mol. The van der Waals surface area contributed by atoms with E-state index in [0.29, 0.717) is 6.04 Å². The van der Waals surface area contributed by atoms with Crippen LogP contribution in [-0.2, 0) is 0 Å². The molecule has 1 aromatic heterocycles. The number of piperidine rings is 1. The van der Waals surface area contributed by atoms with E-state index in [1.165, 1.54) is 5.56 Å². The van der Waals surface area contributed by atoms with Crippen molar-refractivity contribution >= 4 is 21.6 Å². The number of hydrogen-bond acceptors (Lipinski definition) is 5. The Labute approximate surface area is 174 Å². The van der Waals surface area contributed by atoms with E-state index in [1.54, 1.807) is 0 Å². The number of hydrogen-bond donors (Lipinski definition) is 0. The maximum Gasteiger partial charge on any atom is 0.200 e. The third-order valence-corrected chi connectivity index (χ3v) is 6.78. The number of nitrogens with zero attached hydrogens (tertiary/aromatic N) is 4. The van der Waals surface area contributed by atoms with Crippen LogP contribution in [0.5, 0.6) is 5.75 Å². The Kier molecular flexibility index (Phi) is 4.43. The highest BCUT2D eigenvalue weighted by atomic mass is 79.9. The molecule has 0 bridgehead atoms. The van der Waals surface area contributed by atoms with E-state index in [9.17, 15) is 0 Å². The Balaban J connectivity index is 1.55. The van der Waals surface area contributed by atoms with E-state index in [0.717, 1.165) is 53.8 Å². The molecule has 1 fully saturated rings. The van der Waals surface area contributed by atoms with Crippen LogP contribution in [0.1, 0.15) is 50.3 Å². The number of pyridine rings is 1. The molecule has 0 amide bonds. The minimum Gasteiger partial charge on any atom is -0.466 e. The summed E-state index contributed by atoms with van der Waals surface area (Å²) < 4.78 is 7.78. The largest absolute Gasteiger partial charge is 0.466 e. The van der Waals surface area contributed by atoms with Gasteiger partial charge in [-0.2, -0.15) is 5.10 Å². The lowest BCUT2D eigenvalue weighted by atomic mass is 9.90. The lowest BCUT2D eigenvalue weighted by molar-refractivity contribution is -0.152. The van der Waals surface area contributed by atoms with Crippen LogP contribution in [0.15, 0.2) is 52.3 Å². The van der Waals surface area contributed by atoms with Crippen molar-refractivity contribution in [3.63, 3.8) is 0 Å². The monoisotopic (exact) mass is 440 g/mol. The second-order valence-corrected chi connectivity index (χ2v) is 9.12. The lowest BCUT2D eigenvalue weighted by Gasteiger charge is -2.51. The number of ether oxygens (including phenoxy) is 1. The molecule has 3 aliphatic heterocycles. The third-order valence-electron chi connectivity index (χ3n) is 6.28. The fourth-order valence-corrected chi connectivity index (χ4v) is 5.07. The van der Waals surface area contributed by atoms with Gasteiger partial charge in [0.2, 0.25) is 5.72 Å². The molecule has 0 unspecified atom stereocenters.